The van der Waals surface area contributed by atoms with Crippen molar-refractivity contribution in [2.75, 3.05) is 18.4 Å². The van der Waals surface area contributed by atoms with Crippen LogP contribution in [0.3, 0.4) is 0 Å². The van der Waals surface area contributed by atoms with Crippen LogP contribution < -0.4 is 10.6 Å². The molecule has 7 nitrogen and oxygen atoms in total. The Morgan fingerprint density at radius 3 is 2.43 bits per heavy atom. The number of rotatable bonds is 7. The largest absolute Gasteiger partial charge is 0.416 e. The molecule has 3 rings (SSSR count). The van der Waals surface area contributed by atoms with E-state index in [1.807, 2.05) is 18.4 Å². The quantitative estimate of drug-likeness (QED) is 0.576. The number of nitrogens with one attached hydrogen (secondary N) is 2. The van der Waals surface area contributed by atoms with Gasteiger partial charge in [-0.05, 0) is 31.5 Å². The van der Waals surface area contributed by atoms with Crippen LogP contribution >= 0.6 is 0 Å². The number of halogens is 3. The lowest BCUT2D eigenvalue weighted by Crippen LogP contribution is -2.30. The fourth-order valence-corrected chi connectivity index (χ4v) is 2.76. The van der Waals surface area contributed by atoms with Crippen LogP contribution in [0.15, 0.2) is 43.0 Å². The minimum Gasteiger partial charge on any atom is -0.368 e. The molecule has 3 aromatic rings. The van der Waals surface area contributed by atoms with Crippen molar-refractivity contribution in [1.82, 2.24) is 24.8 Å². The second kappa shape index (κ2) is 8.93. The minimum atomic E-state index is -4.39. The molecule has 30 heavy (non-hydrogen) atoms. The summed E-state index contributed by atoms with van der Waals surface area (Å²) in [6.07, 6.45) is -1.24. The highest BCUT2D eigenvalue weighted by atomic mass is 19.4. The molecule has 0 aliphatic heterocycles. The maximum absolute atomic E-state index is 12.6. The predicted octanol–water partition coefficient (Wildman–Crippen LogP) is 3.07. The topological polar surface area (TPSA) is 84.7 Å². The first-order valence-corrected chi connectivity index (χ1v) is 9.23. The summed E-state index contributed by atoms with van der Waals surface area (Å²) in [6.45, 7) is 4.63. The van der Waals surface area contributed by atoms with Crippen molar-refractivity contribution in [1.29, 1.82) is 0 Å². The highest BCUT2D eigenvalue weighted by Gasteiger charge is 2.29. The standard InChI is InChI=1S/C20H21F3N6O/c1-13-14(2)29(12-28-13)18-10-17(26-11-27-18)24-7-8-25-19(30)9-15-3-5-16(6-4-15)20(21,22)23/h3-6,10-12H,7-9H2,1-2H3,(H,25,30)(H,24,26,27). The lowest BCUT2D eigenvalue weighted by Gasteiger charge is -2.10. The first kappa shape index (κ1) is 21.3. The van der Waals surface area contributed by atoms with E-state index in [9.17, 15) is 18.0 Å². The summed E-state index contributed by atoms with van der Waals surface area (Å²) in [5.74, 6) is 1.00. The average molecular weight is 418 g/mol. The zero-order chi connectivity index (χ0) is 21.7. The smallest absolute Gasteiger partial charge is 0.368 e. The van der Waals surface area contributed by atoms with Crippen LogP contribution in [-0.4, -0.2) is 38.5 Å². The summed E-state index contributed by atoms with van der Waals surface area (Å²) < 4.78 is 39.6. The molecule has 2 heterocycles. The summed E-state index contributed by atoms with van der Waals surface area (Å²) >= 11 is 0. The first-order chi connectivity index (χ1) is 14.2. The number of imidazole rings is 1. The highest BCUT2D eigenvalue weighted by Crippen LogP contribution is 2.29. The normalized spacial score (nSPS) is 11.4. The van der Waals surface area contributed by atoms with E-state index in [2.05, 4.69) is 25.6 Å². The maximum Gasteiger partial charge on any atom is 0.416 e. The van der Waals surface area contributed by atoms with Gasteiger partial charge in [0.05, 0.1) is 17.7 Å². The van der Waals surface area contributed by atoms with E-state index < -0.39 is 11.7 Å². The van der Waals surface area contributed by atoms with E-state index in [-0.39, 0.29) is 12.3 Å². The molecule has 1 aromatic carbocycles. The van der Waals surface area contributed by atoms with Gasteiger partial charge in [-0.1, -0.05) is 12.1 Å². The second-order valence-electron chi connectivity index (χ2n) is 6.70. The Balaban J connectivity index is 1.46. The van der Waals surface area contributed by atoms with E-state index in [0.717, 1.165) is 23.5 Å². The predicted molar refractivity (Wildman–Crippen MR) is 105 cm³/mol. The molecule has 0 spiro atoms. The molecule has 0 radical (unpaired) electrons. The highest BCUT2D eigenvalue weighted by molar-refractivity contribution is 5.78. The first-order valence-electron chi connectivity index (χ1n) is 9.23. The summed E-state index contributed by atoms with van der Waals surface area (Å²) in [5, 5.41) is 5.82. The number of hydrogen-bond acceptors (Lipinski definition) is 5. The van der Waals surface area contributed by atoms with Crippen molar-refractivity contribution in [3.63, 3.8) is 0 Å². The number of carbonyl (C=O) groups excluding carboxylic acids is 1. The Bertz CT molecular complexity index is 1010. The van der Waals surface area contributed by atoms with Gasteiger partial charge in [0.1, 0.15) is 24.3 Å². The van der Waals surface area contributed by atoms with E-state index in [4.69, 9.17) is 0 Å². The van der Waals surface area contributed by atoms with Gasteiger partial charge in [-0.25, -0.2) is 15.0 Å². The fourth-order valence-electron chi connectivity index (χ4n) is 2.76. The molecule has 0 unspecified atom stereocenters. The van der Waals surface area contributed by atoms with Gasteiger partial charge < -0.3 is 10.6 Å². The summed E-state index contributed by atoms with van der Waals surface area (Å²) in [5.41, 5.74) is 1.68. The van der Waals surface area contributed by atoms with Gasteiger partial charge in [0.2, 0.25) is 5.91 Å². The SMILES string of the molecule is Cc1ncn(-c2cc(NCCNC(=O)Cc3ccc(C(F)(F)F)cc3)ncn2)c1C. The van der Waals surface area contributed by atoms with Crippen molar-refractivity contribution in [3.8, 4) is 5.82 Å². The third-order valence-electron chi connectivity index (χ3n) is 4.55. The van der Waals surface area contributed by atoms with Gasteiger partial charge in [-0.2, -0.15) is 13.2 Å². The van der Waals surface area contributed by atoms with Gasteiger partial charge >= 0.3 is 6.18 Å². The lowest BCUT2D eigenvalue weighted by atomic mass is 10.1. The number of aromatic nitrogens is 4. The van der Waals surface area contributed by atoms with Gasteiger partial charge in [0.25, 0.3) is 0 Å². The number of benzene rings is 1. The van der Waals surface area contributed by atoms with Gasteiger partial charge in [-0.15, -0.1) is 0 Å². The molecule has 10 heteroatoms. The monoisotopic (exact) mass is 418 g/mol. The van der Waals surface area contributed by atoms with Crippen LogP contribution in [0.4, 0.5) is 19.0 Å². The van der Waals surface area contributed by atoms with E-state index in [1.54, 1.807) is 12.4 Å². The maximum atomic E-state index is 12.6. The third kappa shape index (κ3) is 5.34. The molecule has 2 aromatic heterocycles. The Labute approximate surface area is 171 Å². The molecule has 0 aliphatic rings. The summed E-state index contributed by atoms with van der Waals surface area (Å²) in [6, 6.07) is 6.34. The van der Waals surface area contributed by atoms with Crippen molar-refractivity contribution in [2.24, 2.45) is 0 Å². The van der Waals surface area contributed by atoms with Crippen molar-refractivity contribution in [2.45, 2.75) is 26.4 Å². The number of alkyl halides is 3. The van der Waals surface area contributed by atoms with Crippen LogP contribution in [0.1, 0.15) is 22.5 Å². The Hall–Kier alpha value is -3.43. The van der Waals surface area contributed by atoms with Crippen LogP contribution in [0.25, 0.3) is 5.82 Å². The number of carbonyl (C=O) groups is 1. The molecule has 0 atom stereocenters. The summed E-state index contributed by atoms with van der Waals surface area (Å²) in [7, 11) is 0. The van der Waals surface area contributed by atoms with E-state index >= 15 is 0 Å². The van der Waals surface area contributed by atoms with E-state index in [0.29, 0.717) is 30.3 Å². The molecular weight excluding hydrogens is 397 g/mol. The summed E-state index contributed by atoms with van der Waals surface area (Å²) in [4.78, 5) is 24.6. The van der Waals surface area contributed by atoms with Gasteiger partial charge in [-0.3, -0.25) is 9.36 Å². The molecule has 0 fully saturated rings. The van der Waals surface area contributed by atoms with Gasteiger partial charge in [0.15, 0.2) is 0 Å². The molecular formula is C20H21F3N6O. The van der Waals surface area contributed by atoms with Crippen LogP contribution in [-0.2, 0) is 17.4 Å². The number of hydrogen-bond donors (Lipinski definition) is 2. The number of aryl methyl sites for hydroxylation is 1. The molecule has 0 saturated heterocycles. The Morgan fingerprint density at radius 2 is 1.80 bits per heavy atom. The van der Waals surface area contributed by atoms with Crippen LogP contribution in [0.2, 0.25) is 0 Å². The van der Waals surface area contributed by atoms with Crippen molar-refractivity contribution < 1.29 is 18.0 Å². The minimum absolute atomic E-state index is 0.00898. The number of amides is 1. The zero-order valence-electron chi connectivity index (χ0n) is 16.5. The van der Waals surface area contributed by atoms with E-state index in [1.165, 1.54) is 18.5 Å². The number of anilines is 1. The lowest BCUT2D eigenvalue weighted by molar-refractivity contribution is -0.137. The molecule has 0 bridgehead atoms. The molecule has 0 aliphatic carbocycles. The van der Waals surface area contributed by atoms with Crippen molar-refractivity contribution >= 4 is 11.7 Å². The molecule has 1 amide bonds. The Morgan fingerprint density at radius 1 is 1.07 bits per heavy atom. The third-order valence-corrected chi connectivity index (χ3v) is 4.55. The average Bonchev–Trinajstić information content (AvgIpc) is 3.04. The van der Waals surface area contributed by atoms with Crippen LogP contribution in [0, 0.1) is 13.8 Å². The fraction of sp³-hybridized carbons (Fsp3) is 0.300. The molecule has 158 valence electrons. The van der Waals surface area contributed by atoms with Crippen molar-refractivity contribution in [3.05, 3.63) is 65.5 Å². The Kier molecular flexibility index (Phi) is 6.34. The second-order valence-corrected chi connectivity index (χ2v) is 6.70. The zero-order valence-corrected chi connectivity index (χ0v) is 16.5. The molecule has 2 N–H and O–H groups in total. The molecule has 0 saturated carbocycles. The van der Waals surface area contributed by atoms with Gasteiger partial charge in [0, 0.05) is 24.8 Å². The van der Waals surface area contributed by atoms with Crippen LogP contribution in [0.5, 0.6) is 0 Å². The number of nitrogens with zero attached hydrogens (tertiary/aromatic N) is 4.